The molecule has 19 heavy (non-hydrogen) atoms. The SMILES string of the molecule is Cc1ccccc1-c1ccccc1-c1nn[nH][nH+]1.[Cl-]. The van der Waals surface area contributed by atoms with Gasteiger partial charge in [0.1, 0.15) is 5.10 Å². The highest BCUT2D eigenvalue weighted by Gasteiger charge is 2.15. The number of nitrogens with one attached hydrogen (secondary N) is 2. The maximum Gasteiger partial charge on any atom is 0.330 e. The van der Waals surface area contributed by atoms with Crippen LogP contribution in [0.5, 0.6) is 0 Å². The van der Waals surface area contributed by atoms with Crippen LogP contribution in [0.25, 0.3) is 22.5 Å². The summed E-state index contributed by atoms with van der Waals surface area (Å²) in [5.74, 6) is 0.744. The lowest BCUT2D eigenvalue weighted by Crippen LogP contribution is -3.00. The molecule has 5 heteroatoms. The van der Waals surface area contributed by atoms with Crippen LogP contribution in [0.2, 0.25) is 0 Å². The van der Waals surface area contributed by atoms with Gasteiger partial charge < -0.3 is 12.4 Å². The summed E-state index contributed by atoms with van der Waals surface area (Å²) >= 11 is 0. The fourth-order valence-corrected chi connectivity index (χ4v) is 2.10. The molecule has 1 aromatic heterocycles. The first-order valence-electron chi connectivity index (χ1n) is 5.80. The van der Waals surface area contributed by atoms with Gasteiger partial charge in [0.15, 0.2) is 5.21 Å². The Morgan fingerprint density at radius 3 is 2.16 bits per heavy atom. The minimum atomic E-state index is 0. The summed E-state index contributed by atoms with van der Waals surface area (Å²) in [6.07, 6.45) is 0. The van der Waals surface area contributed by atoms with Crippen molar-refractivity contribution in [1.82, 2.24) is 15.5 Å². The second kappa shape index (κ2) is 5.63. The minimum Gasteiger partial charge on any atom is -1.00 e. The molecule has 1 heterocycles. The molecule has 0 aliphatic carbocycles. The van der Waals surface area contributed by atoms with Crippen molar-refractivity contribution >= 4 is 0 Å². The normalized spacial score (nSPS) is 9.95. The maximum absolute atomic E-state index is 4.04. The summed E-state index contributed by atoms with van der Waals surface area (Å²) in [4.78, 5) is 0. The van der Waals surface area contributed by atoms with Crippen molar-refractivity contribution in [2.75, 3.05) is 0 Å². The van der Waals surface area contributed by atoms with Gasteiger partial charge in [-0.3, -0.25) is 0 Å². The van der Waals surface area contributed by atoms with E-state index < -0.39 is 0 Å². The van der Waals surface area contributed by atoms with Crippen molar-refractivity contribution in [3.8, 4) is 22.5 Å². The van der Waals surface area contributed by atoms with E-state index in [1.165, 1.54) is 11.1 Å². The van der Waals surface area contributed by atoms with Gasteiger partial charge in [-0.15, -0.1) is 0 Å². The van der Waals surface area contributed by atoms with Gasteiger partial charge in [0.2, 0.25) is 0 Å². The summed E-state index contributed by atoms with van der Waals surface area (Å²) in [6, 6.07) is 16.5. The molecule has 0 radical (unpaired) electrons. The van der Waals surface area contributed by atoms with Crippen molar-refractivity contribution in [2.24, 2.45) is 0 Å². The zero-order valence-corrected chi connectivity index (χ0v) is 11.1. The highest BCUT2D eigenvalue weighted by molar-refractivity contribution is 5.81. The number of H-pyrrole nitrogens is 2. The Balaban J connectivity index is 0.00000133. The quantitative estimate of drug-likeness (QED) is 0.668. The molecule has 4 nitrogen and oxygen atoms in total. The molecule has 0 unspecified atom stereocenters. The van der Waals surface area contributed by atoms with Crippen molar-refractivity contribution in [2.45, 2.75) is 6.92 Å². The second-order valence-electron chi connectivity index (χ2n) is 4.15. The average molecular weight is 273 g/mol. The Morgan fingerprint density at radius 2 is 1.53 bits per heavy atom. The molecule has 2 aromatic carbocycles. The summed E-state index contributed by atoms with van der Waals surface area (Å²) in [5.41, 5.74) is 4.65. The second-order valence-corrected chi connectivity index (χ2v) is 4.15. The number of nitrogens with zero attached hydrogens (tertiary/aromatic N) is 2. The maximum atomic E-state index is 4.04. The lowest BCUT2D eigenvalue weighted by molar-refractivity contribution is -0.444. The van der Waals surface area contributed by atoms with Gasteiger partial charge >= 0.3 is 5.82 Å². The van der Waals surface area contributed by atoms with Gasteiger partial charge in [-0.05, 0) is 29.7 Å². The predicted molar refractivity (Wildman–Crippen MR) is 68.5 cm³/mol. The molecule has 0 aliphatic heterocycles. The smallest absolute Gasteiger partial charge is 0.330 e. The summed E-state index contributed by atoms with van der Waals surface area (Å²) in [5, 5.41) is 13.3. The number of aromatic nitrogens is 4. The Morgan fingerprint density at radius 1 is 0.895 bits per heavy atom. The molecule has 0 saturated heterocycles. The van der Waals surface area contributed by atoms with Crippen LogP contribution < -0.4 is 17.5 Å². The van der Waals surface area contributed by atoms with Gasteiger partial charge in [0.25, 0.3) is 0 Å². The van der Waals surface area contributed by atoms with Gasteiger partial charge in [0.05, 0.1) is 5.56 Å². The minimum absolute atomic E-state index is 0. The van der Waals surface area contributed by atoms with Crippen LogP contribution in [0.15, 0.2) is 48.5 Å². The summed E-state index contributed by atoms with van der Waals surface area (Å²) in [7, 11) is 0. The third kappa shape index (κ3) is 2.48. The molecule has 3 aromatic rings. The molecule has 0 bridgehead atoms. The van der Waals surface area contributed by atoms with Crippen molar-refractivity contribution in [3.63, 3.8) is 0 Å². The van der Waals surface area contributed by atoms with Crippen LogP contribution >= 0.6 is 0 Å². The molecule has 2 N–H and O–H groups in total. The first-order chi connectivity index (χ1) is 8.86. The van der Waals surface area contributed by atoms with E-state index in [2.05, 4.69) is 45.7 Å². The molecule has 0 fully saturated rings. The number of aromatic amines is 2. The monoisotopic (exact) mass is 272 g/mol. The van der Waals surface area contributed by atoms with Crippen LogP contribution in [-0.2, 0) is 0 Å². The largest absolute Gasteiger partial charge is 1.00 e. The number of aryl methyl sites for hydroxylation is 1. The average Bonchev–Trinajstić information content (AvgIpc) is 2.93. The van der Waals surface area contributed by atoms with Crippen LogP contribution in [0, 0.1) is 6.92 Å². The van der Waals surface area contributed by atoms with Gasteiger partial charge in [0, 0.05) is 0 Å². The fourth-order valence-electron chi connectivity index (χ4n) is 2.10. The van der Waals surface area contributed by atoms with E-state index in [4.69, 9.17) is 0 Å². The molecule has 0 aliphatic rings. The third-order valence-electron chi connectivity index (χ3n) is 2.99. The van der Waals surface area contributed by atoms with Crippen LogP contribution in [0.4, 0.5) is 0 Å². The molecule has 0 amide bonds. The predicted octanol–water partition coefficient (Wildman–Crippen LogP) is -0.735. The number of hydrogen-bond acceptors (Lipinski definition) is 2. The molecule has 3 rings (SSSR count). The molecular weight excluding hydrogens is 260 g/mol. The Labute approximate surface area is 117 Å². The van der Waals surface area contributed by atoms with E-state index >= 15 is 0 Å². The van der Waals surface area contributed by atoms with E-state index in [0.29, 0.717) is 0 Å². The standard InChI is InChI=1S/C14H12N4.ClH/c1-10-6-2-3-7-11(10)12-8-4-5-9-13(12)14-15-17-18-16-14;/h2-9H,1H3,(H,15,16,17,18);1H. The number of rotatable bonds is 2. The van der Waals surface area contributed by atoms with E-state index in [0.717, 1.165) is 17.0 Å². The Hall–Kier alpha value is -2.20. The zero-order valence-electron chi connectivity index (χ0n) is 10.4. The molecule has 0 saturated carbocycles. The van der Waals surface area contributed by atoms with Crippen LogP contribution in [0.1, 0.15) is 5.56 Å². The molecular formula is C14H13ClN4. The fraction of sp³-hybridized carbons (Fsp3) is 0.0714. The van der Waals surface area contributed by atoms with Gasteiger partial charge in [-0.25, -0.2) is 0 Å². The number of benzene rings is 2. The Kier molecular flexibility index (Phi) is 3.92. The lowest BCUT2D eigenvalue weighted by Gasteiger charge is -2.07. The summed E-state index contributed by atoms with van der Waals surface area (Å²) < 4.78 is 0. The molecule has 0 spiro atoms. The highest BCUT2D eigenvalue weighted by Crippen LogP contribution is 2.30. The Bertz CT molecular complexity index is 665. The van der Waals surface area contributed by atoms with Crippen molar-refractivity contribution in [1.29, 1.82) is 0 Å². The number of hydrogen-bond donors (Lipinski definition) is 1. The van der Waals surface area contributed by atoms with Gasteiger partial charge in [-0.2, -0.15) is 5.10 Å². The van der Waals surface area contributed by atoms with E-state index in [1.807, 2.05) is 30.3 Å². The van der Waals surface area contributed by atoms with E-state index in [-0.39, 0.29) is 12.4 Å². The number of tetrazole rings is 1. The van der Waals surface area contributed by atoms with Crippen LogP contribution in [-0.4, -0.2) is 15.5 Å². The third-order valence-corrected chi connectivity index (χ3v) is 2.99. The topological polar surface area (TPSA) is 55.7 Å². The first-order valence-corrected chi connectivity index (χ1v) is 5.80. The highest BCUT2D eigenvalue weighted by atomic mass is 35.5. The molecule has 0 atom stereocenters. The lowest BCUT2D eigenvalue weighted by atomic mass is 9.96. The van der Waals surface area contributed by atoms with Crippen LogP contribution in [0.3, 0.4) is 0 Å². The summed E-state index contributed by atoms with van der Waals surface area (Å²) in [6.45, 7) is 2.11. The first kappa shape index (κ1) is 13.2. The molecule has 96 valence electrons. The van der Waals surface area contributed by atoms with E-state index in [9.17, 15) is 0 Å². The zero-order chi connectivity index (χ0) is 12.4. The van der Waals surface area contributed by atoms with E-state index in [1.54, 1.807) is 0 Å². The van der Waals surface area contributed by atoms with Crippen molar-refractivity contribution < 1.29 is 17.5 Å². The van der Waals surface area contributed by atoms with Crippen molar-refractivity contribution in [3.05, 3.63) is 54.1 Å². The number of halogens is 1. The van der Waals surface area contributed by atoms with Gasteiger partial charge in [-0.1, -0.05) is 47.7 Å².